The highest BCUT2D eigenvalue weighted by atomic mass is 32.2. The van der Waals surface area contributed by atoms with Crippen LogP contribution in [0.5, 0.6) is 0 Å². The minimum Gasteiger partial charge on any atom is -0.375 e. The molecule has 0 aromatic carbocycles. The van der Waals surface area contributed by atoms with Gasteiger partial charge >= 0.3 is 0 Å². The second-order valence-electron chi connectivity index (χ2n) is 3.09. The van der Waals surface area contributed by atoms with Crippen LogP contribution in [0, 0.1) is 5.92 Å². The Morgan fingerprint density at radius 1 is 1.67 bits per heavy atom. The van der Waals surface area contributed by atoms with Crippen LogP contribution in [0.1, 0.15) is 13.8 Å². The van der Waals surface area contributed by atoms with Crippen LogP contribution in [-0.4, -0.2) is 5.88 Å². The van der Waals surface area contributed by atoms with E-state index in [1.807, 2.05) is 6.08 Å². The van der Waals surface area contributed by atoms with Gasteiger partial charge < -0.3 is 5.32 Å². The first-order valence-corrected chi connectivity index (χ1v) is 5.08. The molecule has 0 amide bonds. The van der Waals surface area contributed by atoms with Crippen LogP contribution in [0.4, 0.5) is 0 Å². The summed E-state index contributed by atoms with van der Waals surface area (Å²) in [5.74, 6) is 1.45. The highest BCUT2D eigenvalue weighted by molar-refractivity contribution is 8.03. The highest BCUT2D eigenvalue weighted by Crippen LogP contribution is 2.31. The van der Waals surface area contributed by atoms with Crippen LogP contribution in [0.3, 0.4) is 0 Å². The lowest BCUT2D eigenvalue weighted by atomic mass is 10.0. The number of thioether (sulfide) groups is 1. The van der Waals surface area contributed by atoms with E-state index >= 15 is 0 Å². The Morgan fingerprint density at radius 3 is 2.83 bits per heavy atom. The van der Waals surface area contributed by atoms with Gasteiger partial charge in [0.1, 0.15) is 0 Å². The quantitative estimate of drug-likeness (QED) is 0.718. The smallest absolute Gasteiger partial charge is 0.0658 e. The number of rotatable bonds is 3. The monoisotopic (exact) mass is 181 g/mol. The first kappa shape index (κ1) is 9.46. The van der Waals surface area contributed by atoms with Crippen molar-refractivity contribution in [2.24, 2.45) is 5.92 Å². The molecule has 2 heteroatoms. The van der Waals surface area contributed by atoms with Crippen molar-refractivity contribution in [3.8, 4) is 0 Å². The topological polar surface area (TPSA) is 12.0 Å². The molecule has 0 unspecified atom stereocenters. The Bertz CT molecular complexity index is 238. The average molecular weight is 181 g/mol. The molecule has 1 aliphatic heterocycles. The highest BCUT2D eigenvalue weighted by Gasteiger charge is 2.16. The molecule has 1 N–H and O–H groups in total. The van der Waals surface area contributed by atoms with Gasteiger partial charge in [-0.1, -0.05) is 33.1 Å². The summed E-state index contributed by atoms with van der Waals surface area (Å²) in [6, 6.07) is 0. The van der Waals surface area contributed by atoms with Crippen molar-refractivity contribution in [2.75, 3.05) is 5.88 Å². The molecule has 0 saturated carbocycles. The fourth-order valence-electron chi connectivity index (χ4n) is 1.07. The number of allylic oxidation sites excluding steroid dienone is 2. The summed E-state index contributed by atoms with van der Waals surface area (Å²) < 4.78 is 0. The van der Waals surface area contributed by atoms with Gasteiger partial charge in [0.25, 0.3) is 0 Å². The van der Waals surface area contributed by atoms with Crippen molar-refractivity contribution < 1.29 is 0 Å². The molecular formula is C10H15NS. The predicted molar refractivity (Wildman–Crippen MR) is 56.8 cm³/mol. The second-order valence-corrected chi connectivity index (χ2v) is 4.11. The van der Waals surface area contributed by atoms with E-state index in [9.17, 15) is 0 Å². The van der Waals surface area contributed by atoms with Gasteiger partial charge in [-0.25, -0.2) is 0 Å². The molecule has 0 aliphatic carbocycles. The van der Waals surface area contributed by atoms with Crippen molar-refractivity contribution >= 4 is 11.8 Å². The lowest BCUT2D eigenvalue weighted by Gasteiger charge is -2.11. The average Bonchev–Trinajstić information content (AvgIpc) is 2.49. The molecule has 12 heavy (non-hydrogen) atoms. The van der Waals surface area contributed by atoms with Crippen LogP contribution >= 0.6 is 11.8 Å². The number of hydrogen-bond donors (Lipinski definition) is 1. The standard InChI is InChI=1S/C10H15NS/c1-5-9-10(11-6-12-9)8(4)7(2)3/h5,7,11H,1,4,6H2,2-3H3. The lowest BCUT2D eigenvalue weighted by Crippen LogP contribution is -2.11. The third kappa shape index (κ3) is 1.75. The van der Waals surface area contributed by atoms with Crippen LogP contribution in [0.25, 0.3) is 0 Å². The summed E-state index contributed by atoms with van der Waals surface area (Å²) in [5.41, 5.74) is 2.36. The molecule has 0 spiro atoms. The van der Waals surface area contributed by atoms with Gasteiger partial charge in [-0.05, 0) is 11.5 Å². The summed E-state index contributed by atoms with van der Waals surface area (Å²) in [6.07, 6.45) is 1.90. The van der Waals surface area contributed by atoms with Crippen LogP contribution in [0.2, 0.25) is 0 Å². The molecule has 0 fully saturated rings. The Kier molecular flexibility index (Phi) is 3.04. The third-order valence-corrected chi connectivity index (χ3v) is 2.90. The fourth-order valence-corrected chi connectivity index (χ4v) is 1.90. The first-order chi connectivity index (χ1) is 5.66. The summed E-state index contributed by atoms with van der Waals surface area (Å²) in [6.45, 7) is 12.1. The molecule has 1 nitrogen and oxygen atoms in total. The zero-order chi connectivity index (χ0) is 9.14. The van der Waals surface area contributed by atoms with Gasteiger partial charge in [0, 0.05) is 4.91 Å². The molecule has 0 radical (unpaired) electrons. The van der Waals surface area contributed by atoms with E-state index in [-0.39, 0.29) is 0 Å². The maximum absolute atomic E-state index is 4.05. The predicted octanol–water partition coefficient (Wildman–Crippen LogP) is 2.89. The third-order valence-electron chi connectivity index (χ3n) is 1.93. The lowest BCUT2D eigenvalue weighted by molar-refractivity contribution is 0.757. The SMILES string of the molecule is C=CC1=C(C(=C)C(C)C)NCS1. The Hall–Kier alpha value is -0.630. The van der Waals surface area contributed by atoms with E-state index in [1.165, 1.54) is 16.2 Å². The van der Waals surface area contributed by atoms with Crippen LogP contribution in [0.15, 0.2) is 35.4 Å². The Labute approximate surface area is 78.6 Å². The zero-order valence-corrected chi connectivity index (χ0v) is 8.50. The summed E-state index contributed by atoms with van der Waals surface area (Å²) in [4.78, 5) is 1.23. The zero-order valence-electron chi connectivity index (χ0n) is 7.68. The molecular weight excluding hydrogens is 166 g/mol. The maximum Gasteiger partial charge on any atom is 0.0658 e. The van der Waals surface area contributed by atoms with Crippen molar-refractivity contribution in [1.29, 1.82) is 0 Å². The van der Waals surface area contributed by atoms with E-state index < -0.39 is 0 Å². The van der Waals surface area contributed by atoms with Gasteiger partial charge in [0.05, 0.1) is 11.6 Å². The summed E-state index contributed by atoms with van der Waals surface area (Å²) in [5, 5.41) is 3.31. The van der Waals surface area contributed by atoms with Crippen LogP contribution < -0.4 is 5.32 Å². The Balaban J connectivity index is 2.85. The van der Waals surface area contributed by atoms with Gasteiger partial charge in [0.15, 0.2) is 0 Å². The van der Waals surface area contributed by atoms with Crippen molar-refractivity contribution in [3.05, 3.63) is 35.4 Å². The van der Waals surface area contributed by atoms with Crippen molar-refractivity contribution in [1.82, 2.24) is 5.32 Å². The van der Waals surface area contributed by atoms with E-state index in [0.717, 1.165) is 5.88 Å². The first-order valence-electron chi connectivity index (χ1n) is 4.09. The second kappa shape index (κ2) is 3.85. The van der Waals surface area contributed by atoms with Gasteiger partial charge in [0.2, 0.25) is 0 Å². The van der Waals surface area contributed by atoms with E-state index in [1.54, 1.807) is 11.8 Å². The molecule has 0 bridgehead atoms. The maximum atomic E-state index is 4.05. The molecule has 0 aromatic heterocycles. The normalized spacial score (nSPS) is 16.6. The molecule has 0 saturated heterocycles. The summed E-state index contributed by atoms with van der Waals surface area (Å²) in [7, 11) is 0. The van der Waals surface area contributed by atoms with Gasteiger partial charge in [-0.3, -0.25) is 0 Å². The molecule has 0 aromatic rings. The summed E-state index contributed by atoms with van der Waals surface area (Å²) >= 11 is 1.79. The molecule has 0 atom stereocenters. The largest absolute Gasteiger partial charge is 0.375 e. The minimum atomic E-state index is 0.501. The fraction of sp³-hybridized carbons (Fsp3) is 0.400. The molecule has 66 valence electrons. The Morgan fingerprint density at radius 2 is 2.33 bits per heavy atom. The van der Waals surface area contributed by atoms with Crippen molar-refractivity contribution in [2.45, 2.75) is 13.8 Å². The van der Waals surface area contributed by atoms with Gasteiger partial charge in [-0.2, -0.15) is 0 Å². The molecule has 1 aliphatic rings. The molecule has 1 rings (SSSR count). The van der Waals surface area contributed by atoms with Gasteiger partial charge in [-0.15, -0.1) is 11.8 Å². The van der Waals surface area contributed by atoms with E-state index in [4.69, 9.17) is 0 Å². The number of nitrogens with one attached hydrogen (secondary N) is 1. The van der Waals surface area contributed by atoms with E-state index in [0.29, 0.717) is 5.92 Å². The van der Waals surface area contributed by atoms with Crippen molar-refractivity contribution in [3.63, 3.8) is 0 Å². The molecule has 1 heterocycles. The minimum absolute atomic E-state index is 0.501. The number of hydrogen-bond acceptors (Lipinski definition) is 2. The van der Waals surface area contributed by atoms with E-state index in [2.05, 4.69) is 32.3 Å². The van der Waals surface area contributed by atoms with Crippen LogP contribution in [-0.2, 0) is 0 Å².